The van der Waals surface area contributed by atoms with Crippen LogP contribution in [0.5, 0.6) is 0 Å². The molecule has 0 aliphatic rings. The van der Waals surface area contributed by atoms with E-state index in [1.54, 1.807) is 0 Å². The molecule has 0 bridgehead atoms. The number of benzene rings is 2. The number of aromatic nitrogens is 2. The fourth-order valence-corrected chi connectivity index (χ4v) is 2.88. The van der Waals surface area contributed by atoms with E-state index in [0.717, 1.165) is 21.4 Å². The zero-order valence-electron chi connectivity index (χ0n) is 10.9. The highest BCUT2D eigenvalue weighted by Gasteiger charge is 2.11. The van der Waals surface area contributed by atoms with E-state index >= 15 is 0 Å². The Bertz CT molecular complexity index is 803. The van der Waals surface area contributed by atoms with Crippen molar-refractivity contribution in [3.8, 4) is 16.9 Å². The van der Waals surface area contributed by atoms with Crippen LogP contribution in [0.3, 0.4) is 0 Å². The van der Waals surface area contributed by atoms with E-state index in [9.17, 15) is 0 Å². The molecule has 0 radical (unpaired) electrons. The first-order valence-electron chi connectivity index (χ1n) is 6.30. The van der Waals surface area contributed by atoms with Gasteiger partial charge in [-0.25, -0.2) is 0 Å². The first-order chi connectivity index (χ1) is 9.68. The van der Waals surface area contributed by atoms with E-state index < -0.39 is 0 Å². The van der Waals surface area contributed by atoms with Crippen molar-refractivity contribution >= 4 is 28.1 Å². The van der Waals surface area contributed by atoms with Crippen molar-refractivity contribution in [1.29, 1.82) is 0 Å². The number of rotatable bonds is 2. The van der Waals surface area contributed by atoms with E-state index in [2.05, 4.69) is 50.6 Å². The van der Waals surface area contributed by atoms with Crippen LogP contribution in [0.15, 0.2) is 59.2 Å². The highest BCUT2D eigenvalue weighted by atomic mass is 79.9. The molecule has 0 aliphatic heterocycles. The number of halogens is 1. The van der Waals surface area contributed by atoms with Crippen molar-refractivity contribution in [2.24, 2.45) is 0 Å². The van der Waals surface area contributed by atoms with Gasteiger partial charge in [-0.1, -0.05) is 52.3 Å². The second-order valence-corrected chi connectivity index (χ2v) is 5.81. The third-order valence-corrected chi connectivity index (χ3v) is 4.49. The third-order valence-electron chi connectivity index (χ3n) is 3.33. The lowest BCUT2D eigenvalue weighted by Crippen LogP contribution is -2.00. The van der Waals surface area contributed by atoms with Crippen LogP contribution in [-0.4, -0.2) is 9.55 Å². The molecule has 0 saturated carbocycles. The van der Waals surface area contributed by atoms with Gasteiger partial charge in [-0.15, -0.1) is 0 Å². The first-order valence-corrected chi connectivity index (χ1v) is 7.50. The summed E-state index contributed by atoms with van der Waals surface area (Å²) in [6.45, 7) is 2.09. The Kier molecular flexibility index (Phi) is 3.59. The lowest BCUT2D eigenvalue weighted by molar-refractivity contribution is 1.02. The molecule has 1 aromatic heterocycles. The Morgan fingerprint density at radius 3 is 2.55 bits per heavy atom. The van der Waals surface area contributed by atoms with E-state index in [-0.39, 0.29) is 0 Å². The van der Waals surface area contributed by atoms with E-state index in [4.69, 9.17) is 12.2 Å². The number of hydrogen-bond donors (Lipinski definition) is 1. The maximum absolute atomic E-state index is 5.45. The van der Waals surface area contributed by atoms with Gasteiger partial charge in [0, 0.05) is 16.2 Å². The predicted octanol–water partition coefficient (Wildman–Crippen LogP) is 5.27. The summed E-state index contributed by atoms with van der Waals surface area (Å²) in [4.78, 5) is 3.14. The zero-order chi connectivity index (χ0) is 14.1. The summed E-state index contributed by atoms with van der Waals surface area (Å²) >= 11 is 9.03. The third kappa shape index (κ3) is 2.25. The second kappa shape index (κ2) is 5.38. The summed E-state index contributed by atoms with van der Waals surface area (Å²) < 4.78 is 3.85. The van der Waals surface area contributed by atoms with Gasteiger partial charge in [0.05, 0.1) is 11.4 Å². The van der Waals surface area contributed by atoms with Crippen molar-refractivity contribution in [2.75, 3.05) is 0 Å². The smallest absolute Gasteiger partial charge is 0.182 e. The van der Waals surface area contributed by atoms with Gasteiger partial charge in [-0.05, 0) is 36.8 Å². The van der Waals surface area contributed by atoms with Crippen LogP contribution in [0, 0.1) is 11.7 Å². The van der Waals surface area contributed by atoms with Gasteiger partial charge in [0.2, 0.25) is 0 Å². The molecule has 2 aromatic carbocycles. The summed E-state index contributed by atoms with van der Waals surface area (Å²) in [5.41, 5.74) is 4.46. The molecule has 3 rings (SSSR count). The van der Waals surface area contributed by atoms with Gasteiger partial charge in [0.15, 0.2) is 4.77 Å². The van der Waals surface area contributed by atoms with Crippen LogP contribution in [-0.2, 0) is 0 Å². The minimum atomic E-state index is 0.699. The molecule has 1 N–H and O–H groups in total. The molecule has 20 heavy (non-hydrogen) atoms. The summed E-state index contributed by atoms with van der Waals surface area (Å²) in [6.07, 6.45) is 1.96. The topological polar surface area (TPSA) is 20.7 Å². The predicted molar refractivity (Wildman–Crippen MR) is 88.8 cm³/mol. The highest BCUT2D eigenvalue weighted by Crippen LogP contribution is 2.28. The molecule has 0 fully saturated rings. The Morgan fingerprint density at radius 2 is 1.80 bits per heavy atom. The Morgan fingerprint density at radius 1 is 1.05 bits per heavy atom. The normalized spacial score (nSPS) is 10.7. The standard InChI is InChI=1S/C16H13BrN2S/c1-11-13(17)8-5-9-14(11)19-15(10-18-16(19)20)12-6-3-2-4-7-12/h2-10H,1H3,(H,18,20). The van der Waals surface area contributed by atoms with Crippen LogP contribution in [0.25, 0.3) is 16.9 Å². The van der Waals surface area contributed by atoms with Crippen LogP contribution < -0.4 is 0 Å². The van der Waals surface area contributed by atoms with Crippen LogP contribution >= 0.6 is 28.1 Å². The van der Waals surface area contributed by atoms with Gasteiger partial charge in [0.1, 0.15) is 0 Å². The number of hydrogen-bond acceptors (Lipinski definition) is 1. The molecular weight excluding hydrogens is 332 g/mol. The first kappa shape index (κ1) is 13.3. The average molecular weight is 345 g/mol. The largest absolute Gasteiger partial charge is 0.336 e. The second-order valence-electron chi connectivity index (χ2n) is 4.56. The quantitative estimate of drug-likeness (QED) is 0.627. The van der Waals surface area contributed by atoms with Crippen LogP contribution in [0.1, 0.15) is 5.56 Å². The molecule has 0 unspecified atom stereocenters. The molecule has 100 valence electrons. The number of nitrogens with one attached hydrogen (secondary N) is 1. The Hall–Kier alpha value is -1.65. The Labute approximate surface area is 131 Å². The lowest BCUT2D eigenvalue weighted by Gasteiger charge is -2.12. The molecule has 4 heteroatoms. The fraction of sp³-hybridized carbons (Fsp3) is 0.0625. The molecule has 0 atom stereocenters. The summed E-state index contributed by atoms with van der Waals surface area (Å²) in [7, 11) is 0. The van der Waals surface area contributed by atoms with Crippen molar-refractivity contribution in [3.05, 3.63) is 69.5 Å². The van der Waals surface area contributed by atoms with Gasteiger partial charge in [-0.2, -0.15) is 0 Å². The molecule has 0 saturated heterocycles. The minimum Gasteiger partial charge on any atom is -0.336 e. The fourth-order valence-electron chi connectivity index (χ4n) is 2.27. The molecule has 1 heterocycles. The van der Waals surface area contributed by atoms with Gasteiger partial charge >= 0.3 is 0 Å². The molecule has 0 spiro atoms. The zero-order valence-corrected chi connectivity index (χ0v) is 13.3. The van der Waals surface area contributed by atoms with Gasteiger partial charge in [0.25, 0.3) is 0 Å². The minimum absolute atomic E-state index is 0.699. The number of H-pyrrole nitrogens is 1. The maximum Gasteiger partial charge on any atom is 0.182 e. The van der Waals surface area contributed by atoms with Crippen molar-refractivity contribution < 1.29 is 0 Å². The van der Waals surface area contributed by atoms with Crippen LogP contribution in [0.4, 0.5) is 0 Å². The van der Waals surface area contributed by atoms with Crippen molar-refractivity contribution in [1.82, 2.24) is 9.55 Å². The Balaban J connectivity index is 2.28. The maximum atomic E-state index is 5.45. The van der Waals surface area contributed by atoms with Gasteiger partial charge in [-0.3, -0.25) is 4.57 Å². The molecule has 2 nitrogen and oxygen atoms in total. The SMILES string of the molecule is Cc1c(Br)cccc1-n1c(-c2ccccc2)c[nH]c1=S. The summed E-state index contributed by atoms with van der Waals surface area (Å²) in [6, 6.07) is 16.4. The van der Waals surface area contributed by atoms with Crippen molar-refractivity contribution in [2.45, 2.75) is 6.92 Å². The lowest BCUT2D eigenvalue weighted by atomic mass is 10.1. The monoisotopic (exact) mass is 344 g/mol. The highest BCUT2D eigenvalue weighted by molar-refractivity contribution is 9.10. The van der Waals surface area contributed by atoms with Gasteiger partial charge < -0.3 is 4.98 Å². The molecule has 0 amide bonds. The molecule has 3 aromatic rings. The van der Waals surface area contributed by atoms with Crippen LogP contribution in [0.2, 0.25) is 0 Å². The van der Waals surface area contributed by atoms with E-state index in [1.807, 2.05) is 36.5 Å². The van der Waals surface area contributed by atoms with E-state index in [0.29, 0.717) is 4.77 Å². The molecule has 0 aliphatic carbocycles. The van der Waals surface area contributed by atoms with Crippen molar-refractivity contribution in [3.63, 3.8) is 0 Å². The number of nitrogens with zero attached hydrogens (tertiary/aromatic N) is 1. The summed E-state index contributed by atoms with van der Waals surface area (Å²) in [5, 5.41) is 0. The van der Waals surface area contributed by atoms with E-state index in [1.165, 1.54) is 5.56 Å². The average Bonchev–Trinajstić information content (AvgIpc) is 2.85. The number of imidazole rings is 1. The molecular formula is C16H13BrN2S. The number of aromatic amines is 1. The summed E-state index contributed by atoms with van der Waals surface area (Å²) in [5.74, 6) is 0.